The predicted octanol–water partition coefficient (Wildman–Crippen LogP) is 4.61. The van der Waals surface area contributed by atoms with Crippen LogP contribution in [0.2, 0.25) is 5.02 Å². The molecule has 0 radical (unpaired) electrons. The maximum atomic E-state index is 6.37. The lowest BCUT2D eigenvalue weighted by atomic mass is 9.89. The van der Waals surface area contributed by atoms with Gasteiger partial charge < -0.3 is 5.32 Å². The molecule has 1 saturated carbocycles. The van der Waals surface area contributed by atoms with Gasteiger partial charge in [0.2, 0.25) is 0 Å². The van der Waals surface area contributed by atoms with E-state index in [1.165, 1.54) is 43.4 Å². The molecular formula is C17H26ClN. The van der Waals surface area contributed by atoms with Crippen LogP contribution < -0.4 is 5.32 Å². The fraction of sp³-hybridized carbons (Fsp3) is 0.647. The fourth-order valence-electron chi connectivity index (χ4n) is 3.22. The maximum absolute atomic E-state index is 6.37. The molecule has 1 aromatic carbocycles. The van der Waals surface area contributed by atoms with E-state index in [1.54, 1.807) is 0 Å². The van der Waals surface area contributed by atoms with Crippen LogP contribution in [0.25, 0.3) is 0 Å². The number of hydrogen-bond acceptors (Lipinski definition) is 1. The highest BCUT2D eigenvalue weighted by atomic mass is 35.5. The van der Waals surface area contributed by atoms with Crippen LogP contribution in [0.1, 0.15) is 43.7 Å². The molecule has 2 heteroatoms. The van der Waals surface area contributed by atoms with Crippen molar-refractivity contribution >= 4 is 11.6 Å². The zero-order valence-corrected chi connectivity index (χ0v) is 13.0. The van der Waals surface area contributed by atoms with Crippen molar-refractivity contribution in [3.63, 3.8) is 0 Å². The van der Waals surface area contributed by atoms with Crippen molar-refractivity contribution in [3.05, 3.63) is 34.3 Å². The van der Waals surface area contributed by atoms with Crippen LogP contribution >= 0.6 is 11.6 Å². The van der Waals surface area contributed by atoms with Crippen LogP contribution in [0.4, 0.5) is 0 Å². The Balaban J connectivity index is 1.93. The van der Waals surface area contributed by atoms with E-state index in [-0.39, 0.29) is 0 Å². The Bertz CT molecular complexity index is 402. The second kappa shape index (κ2) is 7.31. The number of rotatable bonds is 6. The number of hydrogen-bond donors (Lipinski definition) is 1. The topological polar surface area (TPSA) is 12.0 Å². The van der Waals surface area contributed by atoms with Gasteiger partial charge in [-0.15, -0.1) is 0 Å². The van der Waals surface area contributed by atoms with Gasteiger partial charge in [-0.3, -0.25) is 0 Å². The minimum Gasteiger partial charge on any atom is -0.316 e. The van der Waals surface area contributed by atoms with Crippen molar-refractivity contribution in [1.82, 2.24) is 5.32 Å². The van der Waals surface area contributed by atoms with Crippen molar-refractivity contribution in [1.29, 1.82) is 0 Å². The zero-order chi connectivity index (χ0) is 13.7. The van der Waals surface area contributed by atoms with E-state index in [2.05, 4.69) is 37.4 Å². The Morgan fingerprint density at radius 1 is 1.26 bits per heavy atom. The summed E-state index contributed by atoms with van der Waals surface area (Å²) in [6, 6.07) is 6.49. The molecule has 1 fully saturated rings. The monoisotopic (exact) mass is 279 g/mol. The van der Waals surface area contributed by atoms with Crippen LogP contribution in [-0.4, -0.2) is 13.1 Å². The molecule has 0 aromatic heterocycles. The third-order valence-corrected chi connectivity index (χ3v) is 4.69. The summed E-state index contributed by atoms with van der Waals surface area (Å²) in [5.41, 5.74) is 2.58. The van der Waals surface area contributed by atoms with E-state index in [0.29, 0.717) is 0 Å². The molecule has 1 aliphatic rings. The first-order valence-electron chi connectivity index (χ1n) is 7.66. The fourth-order valence-corrected chi connectivity index (χ4v) is 3.53. The van der Waals surface area contributed by atoms with Crippen molar-refractivity contribution in [3.8, 4) is 0 Å². The summed E-state index contributed by atoms with van der Waals surface area (Å²) in [7, 11) is 0. The summed E-state index contributed by atoms with van der Waals surface area (Å²) in [6.45, 7) is 6.66. The van der Waals surface area contributed by atoms with Crippen LogP contribution in [-0.2, 0) is 6.42 Å². The van der Waals surface area contributed by atoms with Crippen molar-refractivity contribution < 1.29 is 0 Å². The summed E-state index contributed by atoms with van der Waals surface area (Å²) in [6.07, 6.45) is 6.50. The summed E-state index contributed by atoms with van der Waals surface area (Å²) in [5, 5.41) is 4.53. The van der Waals surface area contributed by atoms with E-state index in [1.807, 2.05) is 0 Å². The lowest BCUT2D eigenvalue weighted by Crippen LogP contribution is -2.26. The molecule has 0 aliphatic heterocycles. The standard InChI is InChI=1S/C17H26ClN/c1-3-9-19-12-16-6-4-5-14(16)11-15-8-7-13(2)10-17(15)18/h7-8,10,14,16,19H,3-6,9,11-12H2,1-2H3. The molecular weight excluding hydrogens is 254 g/mol. The molecule has 2 unspecified atom stereocenters. The first kappa shape index (κ1) is 14.9. The van der Waals surface area contributed by atoms with Gasteiger partial charge in [-0.25, -0.2) is 0 Å². The largest absolute Gasteiger partial charge is 0.316 e. The third-order valence-electron chi connectivity index (χ3n) is 4.34. The zero-order valence-electron chi connectivity index (χ0n) is 12.2. The molecule has 0 heterocycles. The number of aryl methyl sites for hydroxylation is 1. The molecule has 1 nitrogen and oxygen atoms in total. The Hall–Kier alpha value is -0.530. The van der Waals surface area contributed by atoms with Gasteiger partial charge in [0.05, 0.1) is 0 Å². The number of halogens is 1. The Kier molecular flexibility index (Phi) is 5.72. The van der Waals surface area contributed by atoms with Crippen LogP contribution in [0.5, 0.6) is 0 Å². The number of benzene rings is 1. The molecule has 2 atom stereocenters. The van der Waals surface area contributed by atoms with Crippen LogP contribution in [0.15, 0.2) is 18.2 Å². The highest BCUT2D eigenvalue weighted by Gasteiger charge is 2.27. The second-order valence-electron chi connectivity index (χ2n) is 5.95. The van der Waals surface area contributed by atoms with Gasteiger partial charge in [0.1, 0.15) is 0 Å². The van der Waals surface area contributed by atoms with Gasteiger partial charge >= 0.3 is 0 Å². The van der Waals surface area contributed by atoms with E-state index in [9.17, 15) is 0 Å². The molecule has 1 aliphatic carbocycles. The average molecular weight is 280 g/mol. The molecule has 0 amide bonds. The quantitative estimate of drug-likeness (QED) is 0.750. The minimum absolute atomic E-state index is 0.810. The summed E-state index contributed by atoms with van der Waals surface area (Å²) < 4.78 is 0. The van der Waals surface area contributed by atoms with Crippen molar-refractivity contribution in [2.75, 3.05) is 13.1 Å². The van der Waals surface area contributed by atoms with Gasteiger partial charge in [0.15, 0.2) is 0 Å². The molecule has 0 bridgehead atoms. The summed E-state index contributed by atoms with van der Waals surface area (Å²) in [4.78, 5) is 0. The molecule has 0 saturated heterocycles. The maximum Gasteiger partial charge on any atom is 0.0440 e. The van der Waals surface area contributed by atoms with E-state index < -0.39 is 0 Å². The molecule has 1 N–H and O–H groups in total. The van der Waals surface area contributed by atoms with E-state index in [4.69, 9.17) is 11.6 Å². The Labute approximate surface area is 122 Å². The van der Waals surface area contributed by atoms with Crippen LogP contribution in [0, 0.1) is 18.8 Å². The van der Waals surface area contributed by atoms with E-state index in [0.717, 1.165) is 29.8 Å². The highest BCUT2D eigenvalue weighted by Crippen LogP contribution is 2.35. The first-order chi connectivity index (χ1) is 9.20. The number of nitrogens with one attached hydrogen (secondary N) is 1. The van der Waals surface area contributed by atoms with Crippen LogP contribution in [0.3, 0.4) is 0 Å². The van der Waals surface area contributed by atoms with Gasteiger partial charge in [0.25, 0.3) is 0 Å². The molecule has 1 aromatic rings. The third kappa shape index (κ3) is 4.22. The molecule has 19 heavy (non-hydrogen) atoms. The molecule has 106 valence electrons. The molecule has 2 rings (SSSR count). The van der Waals surface area contributed by atoms with Gasteiger partial charge in [0, 0.05) is 5.02 Å². The smallest absolute Gasteiger partial charge is 0.0440 e. The van der Waals surface area contributed by atoms with Gasteiger partial charge in [-0.1, -0.05) is 37.1 Å². The van der Waals surface area contributed by atoms with Gasteiger partial charge in [-0.05, 0) is 74.7 Å². The summed E-state index contributed by atoms with van der Waals surface area (Å²) >= 11 is 6.37. The lowest BCUT2D eigenvalue weighted by Gasteiger charge is -2.20. The minimum atomic E-state index is 0.810. The van der Waals surface area contributed by atoms with E-state index >= 15 is 0 Å². The van der Waals surface area contributed by atoms with Crippen molar-refractivity contribution in [2.24, 2.45) is 11.8 Å². The average Bonchev–Trinajstić information content (AvgIpc) is 2.81. The Morgan fingerprint density at radius 2 is 2.05 bits per heavy atom. The predicted molar refractivity (Wildman–Crippen MR) is 83.9 cm³/mol. The molecule has 0 spiro atoms. The Morgan fingerprint density at radius 3 is 2.79 bits per heavy atom. The highest BCUT2D eigenvalue weighted by molar-refractivity contribution is 6.31. The SMILES string of the molecule is CCCNCC1CCCC1Cc1ccc(C)cc1Cl. The van der Waals surface area contributed by atoms with Gasteiger partial charge in [-0.2, -0.15) is 0 Å². The van der Waals surface area contributed by atoms with Crippen molar-refractivity contribution in [2.45, 2.75) is 46.0 Å². The lowest BCUT2D eigenvalue weighted by molar-refractivity contribution is 0.365. The normalized spacial score (nSPS) is 22.9. The first-order valence-corrected chi connectivity index (χ1v) is 8.04. The second-order valence-corrected chi connectivity index (χ2v) is 6.36. The summed E-state index contributed by atoms with van der Waals surface area (Å²) in [5.74, 6) is 1.65.